The number of ether oxygens (including phenoxy) is 1. The Hall–Kier alpha value is -1.36. The van der Waals surface area contributed by atoms with Gasteiger partial charge in [0.05, 0.1) is 11.1 Å². The Labute approximate surface area is 120 Å². The third kappa shape index (κ3) is 2.97. The lowest BCUT2D eigenvalue weighted by molar-refractivity contribution is -0.276. The van der Waals surface area contributed by atoms with Crippen molar-refractivity contribution in [2.45, 2.75) is 12.5 Å². The molecule has 1 fully saturated rings. The average Bonchev–Trinajstić information content (AvgIpc) is 2.96. The van der Waals surface area contributed by atoms with Gasteiger partial charge in [0.1, 0.15) is 17.6 Å². The molecular formula is C15H13BrO3. The predicted molar refractivity (Wildman–Crippen MR) is 75.1 cm³/mol. The van der Waals surface area contributed by atoms with Crippen LogP contribution in [-0.2, 0) is 9.78 Å². The molecule has 1 heterocycles. The van der Waals surface area contributed by atoms with E-state index < -0.39 is 0 Å². The number of hydrogen-bond donors (Lipinski definition) is 0. The van der Waals surface area contributed by atoms with Crippen LogP contribution in [0.25, 0.3) is 0 Å². The first kappa shape index (κ1) is 12.7. The summed E-state index contributed by atoms with van der Waals surface area (Å²) in [4.78, 5) is 10.1. The third-order valence-corrected chi connectivity index (χ3v) is 3.57. The number of halogens is 1. The minimum absolute atomic E-state index is 0.0158. The first-order valence-electron chi connectivity index (χ1n) is 6.13. The van der Waals surface area contributed by atoms with Crippen LogP contribution in [0.3, 0.4) is 0 Å². The summed E-state index contributed by atoms with van der Waals surface area (Å²) in [5.41, 5.74) is 1.09. The monoisotopic (exact) mass is 320 g/mol. The van der Waals surface area contributed by atoms with Crippen LogP contribution in [-0.4, -0.2) is 6.61 Å². The molecule has 19 heavy (non-hydrogen) atoms. The second-order valence-corrected chi connectivity index (χ2v) is 5.15. The van der Waals surface area contributed by atoms with E-state index in [0.29, 0.717) is 6.61 Å². The fourth-order valence-corrected chi connectivity index (χ4v) is 2.45. The van der Waals surface area contributed by atoms with Crippen LogP contribution in [0.4, 0.5) is 0 Å². The van der Waals surface area contributed by atoms with E-state index in [9.17, 15) is 0 Å². The topological polar surface area (TPSA) is 27.7 Å². The molecule has 4 heteroatoms. The Kier molecular flexibility index (Phi) is 3.82. The standard InChI is InChI=1S/C15H13BrO3/c16-13-10-11(14-8-9-17-19-14)6-7-15(13)18-12-4-2-1-3-5-12/h1-7,10,14H,8-9H2. The summed E-state index contributed by atoms with van der Waals surface area (Å²) in [7, 11) is 0. The van der Waals surface area contributed by atoms with Gasteiger partial charge in [0, 0.05) is 6.42 Å². The number of rotatable bonds is 3. The Morgan fingerprint density at radius 2 is 1.95 bits per heavy atom. The van der Waals surface area contributed by atoms with Crippen molar-refractivity contribution < 1.29 is 14.5 Å². The largest absolute Gasteiger partial charge is 0.456 e. The Morgan fingerprint density at radius 3 is 2.63 bits per heavy atom. The zero-order valence-electron chi connectivity index (χ0n) is 10.2. The maximum absolute atomic E-state index is 5.81. The van der Waals surface area contributed by atoms with Gasteiger partial charge in [-0.05, 0) is 45.8 Å². The van der Waals surface area contributed by atoms with Crippen molar-refractivity contribution in [3.63, 3.8) is 0 Å². The lowest BCUT2D eigenvalue weighted by Crippen LogP contribution is -1.95. The van der Waals surface area contributed by atoms with Gasteiger partial charge in [-0.25, -0.2) is 9.78 Å². The molecule has 2 aromatic carbocycles. The first-order chi connectivity index (χ1) is 9.33. The van der Waals surface area contributed by atoms with E-state index in [4.69, 9.17) is 14.5 Å². The van der Waals surface area contributed by atoms with Gasteiger partial charge in [-0.2, -0.15) is 0 Å². The highest BCUT2D eigenvalue weighted by atomic mass is 79.9. The Bertz CT molecular complexity index is 551. The fourth-order valence-electron chi connectivity index (χ4n) is 1.97. The quantitative estimate of drug-likeness (QED) is 0.771. The maximum Gasteiger partial charge on any atom is 0.141 e. The molecule has 3 rings (SSSR count). The molecule has 0 bridgehead atoms. The SMILES string of the molecule is Brc1cc(C2CCOO2)ccc1Oc1ccccc1. The highest BCUT2D eigenvalue weighted by Crippen LogP contribution is 2.34. The van der Waals surface area contributed by atoms with Crippen molar-refractivity contribution >= 4 is 15.9 Å². The van der Waals surface area contributed by atoms with Crippen molar-refractivity contribution in [1.82, 2.24) is 0 Å². The van der Waals surface area contributed by atoms with E-state index in [1.54, 1.807) is 0 Å². The van der Waals surface area contributed by atoms with Crippen molar-refractivity contribution in [2.75, 3.05) is 6.61 Å². The van der Waals surface area contributed by atoms with Crippen molar-refractivity contribution in [3.8, 4) is 11.5 Å². The summed E-state index contributed by atoms with van der Waals surface area (Å²) >= 11 is 3.53. The molecule has 0 aromatic heterocycles. The summed E-state index contributed by atoms with van der Waals surface area (Å²) in [5.74, 6) is 1.60. The van der Waals surface area contributed by atoms with Gasteiger partial charge in [0.25, 0.3) is 0 Å². The molecule has 1 unspecified atom stereocenters. The lowest BCUT2D eigenvalue weighted by atomic mass is 10.1. The molecule has 0 N–H and O–H groups in total. The Morgan fingerprint density at radius 1 is 1.11 bits per heavy atom. The van der Waals surface area contributed by atoms with Gasteiger partial charge >= 0.3 is 0 Å². The summed E-state index contributed by atoms with van der Waals surface area (Å²) in [6.45, 7) is 0.643. The van der Waals surface area contributed by atoms with Crippen molar-refractivity contribution in [3.05, 3.63) is 58.6 Å². The second kappa shape index (κ2) is 5.74. The third-order valence-electron chi connectivity index (χ3n) is 2.95. The summed E-state index contributed by atoms with van der Waals surface area (Å²) in [6.07, 6.45) is 0.896. The van der Waals surface area contributed by atoms with Crippen molar-refractivity contribution in [1.29, 1.82) is 0 Å². The predicted octanol–water partition coefficient (Wildman–Crippen LogP) is 4.63. The van der Waals surface area contributed by atoms with Crippen LogP contribution in [0.1, 0.15) is 18.1 Å². The van der Waals surface area contributed by atoms with Crippen LogP contribution in [0.5, 0.6) is 11.5 Å². The van der Waals surface area contributed by atoms with Crippen LogP contribution >= 0.6 is 15.9 Å². The highest BCUT2D eigenvalue weighted by Gasteiger charge is 2.20. The smallest absolute Gasteiger partial charge is 0.141 e. The van der Waals surface area contributed by atoms with Gasteiger partial charge in [-0.1, -0.05) is 24.3 Å². The molecule has 3 nitrogen and oxygen atoms in total. The minimum atomic E-state index is 0.0158. The van der Waals surface area contributed by atoms with Gasteiger partial charge in [0.15, 0.2) is 0 Å². The van der Waals surface area contributed by atoms with Gasteiger partial charge in [-0.15, -0.1) is 0 Å². The van der Waals surface area contributed by atoms with E-state index >= 15 is 0 Å². The molecule has 1 atom stereocenters. The van der Waals surface area contributed by atoms with Gasteiger partial charge in [-0.3, -0.25) is 0 Å². The second-order valence-electron chi connectivity index (χ2n) is 4.30. The highest BCUT2D eigenvalue weighted by molar-refractivity contribution is 9.10. The molecule has 2 aromatic rings. The van der Waals surface area contributed by atoms with Crippen LogP contribution in [0.15, 0.2) is 53.0 Å². The molecule has 0 spiro atoms. The fraction of sp³-hybridized carbons (Fsp3) is 0.200. The molecule has 0 radical (unpaired) electrons. The molecular weight excluding hydrogens is 308 g/mol. The molecule has 98 valence electrons. The number of benzene rings is 2. The maximum atomic E-state index is 5.81. The van der Waals surface area contributed by atoms with E-state index in [-0.39, 0.29) is 6.10 Å². The molecule has 0 saturated carbocycles. The van der Waals surface area contributed by atoms with Crippen LogP contribution in [0.2, 0.25) is 0 Å². The van der Waals surface area contributed by atoms with E-state index in [2.05, 4.69) is 15.9 Å². The molecule has 0 aliphatic carbocycles. The van der Waals surface area contributed by atoms with Gasteiger partial charge < -0.3 is 4.74 Å². The van der Waals surface area contributed by atoms with E-state index in [0.717, 1.165) is 28.0 Å². The summed E-state index contributed by atoms with van der Waals surface area (Å²) in [5, 5.41) is 0. The average molecular weight is 321 g/mol. The normalized spacial score (nSPS) is 18.5. The van der Waals surface area contributed by atoms with Crippen molar-refractivity contribution in [2.24, 2.45) is 0 Å². The molecule has 1 aliphatic rings. The van der Waals surface area contributed by atoms with Crippen LogP contribution in [0, 0.1) is 0 Å². The summed E-state index contributed by atoms with van der Waals surface area (Å²) < 4.78 is 6.71. The van der Waals surface area contributed by atoms with Gasteiger partial charge in [0.2, 0.25) is 0 Å². The summed E-state index contributed by atoms with van der Waals surface area (Å²) in [6, 6.07) is 15.7. The number of hydrogen-bond acceptors (Lipinski definition) is 3. The first-order valence-corrected chi connectivity index (χ1v) is 6.93. The zero-order valence-corrected chi connectivity index (χ0v) is 11.8. The zero-order chi connectivity index (χ0) is 13.1. The van der Waals surface area contributed by atoms with Crippen LogP contribution < -0.4 is 4.74 Å². The molecule has 0 amide bonds. The lowest BCUT2D eigenvalue weighted by Gasteiger charge is -2.11. The van der Waals surface area contributed by atoms with E-state index in [1.165, 1.54) is 0 Å². The Balaban J connectivity index is 1.79. The molecule has 1 saturated heterocycles. The van der Waals surface area contributed by atoms with E-state index in [1.807, 2.05) is 48.5 Å². The molecule has 1 aliphatic heterocycles. The number of para-hydroxylation sites is 1. The minimum Gasteiger partial charge on any atom is -0.456 e.